The van der Waals surface area contributed by atoms with E-state index in [1.165, 1.54) is 24.3 Å². The Bertz CT molecular complexity index is 998. The van der Waals surface area contributed by atoms with Crippen LogP contribution in [0.5, 0.6) is 0 Å². The van der Waals surface area contributed by atoms with Crippen LogP contribution in [0.4, 0.5) is 0 Å². The summed E-state index contributed by atoms with van der Waals surface area (Å²) < 4.78 is 70.5. The van der Waals surface area contributed by atoms with E-state index in [1.54, 1.807) is 31.2 Å². The second kappa shape index (κ2) is 11.0. The molecule has 0 spiro atoms. The van der Waals surface area contributed by atoms with Crippen molar-refractivity contribution in [3.05, 3.63) is 59.7 Å². The zero-order chi connectivity index (χ0) is 22.2. The molecule has 0 bridgehead atoms. The van der Waals surface area contributed by atoms with Crippen LogP contribution in [-0.2, 0) is 38.1 Å². The van der Waals surface area contributed by atoms with Gasteiger partial charge in [0.15, 0.2) is 0 Å². The van der Waals surface area contributed by atoms with Crippen LogP contribution >= 0.6 is 0 Å². The highest BCUT2D eigenvalue weighted by molar-refractivity contribution is 7.87. The summed E-state index contributed by atoms with van der Waals surface area (Å²) in [6.45, 7) is 5.43. The van der Waals surface area contributed by atoms with Crippen LogP contribution < -0.4 is 0 Å². The van der Waals surface area contributed by atoms with Gasteiger partial charge in [-0.15, -0.1) is 0 Å². The predicted octanol–water partition coefficient (Wildman–Crippen LogP) is 2.79. The molecule has 0 fully saturated rings. The van der Waals surface area contributed by atoms with Crippen LogP contribution in [0.3, 0.4) is 0 Å². The van der Waals surface area contributed by atoms with Crippen molar-refractivity contribution >= 4 is 20.2 Å². The van der Waals surface area contributed by atoms with Crippen LogP contribution in [0, 0.1) is 13.8 Å². The summed E-state index contributed by atoms with van der Waals surface area (Å²) in [4.78, 5) is -0.129. The molecule has 2 aromatic carbocycles. The first-order valence-corrected chi connectivity index (χ1v) is 12.1. The minimum Gasteiger partial charge on any atom is -0.379 e. The van der Waals surface area contributed by atoms with Crippen molar-refractivity contribution in [3.8, 4) is 0 Å². The monoisotopic (exact) mass is 458 g/mol. The maximum Gasteiger partial charge on any atom is 0.299 e. The van der Waals surface area contributed by atoms with Crippen molar-refractivity contribution in [2.75, 3.05) is 26.4 Å². The summed E-state index contributed by atoms with van der Waals surface area (Å²) in [5, 5.41) is 0. The molecule has 0 radical (unpaired) electrons. The Balaban J connectivity index is 2.11. The molecular weight excluding hydrogens is 432 g/mol. The molecule has 1 atom stereocenters. The smallest absolute Gasteiger partial charge is 0.299 e. The highest BCUT2D eigenvalue weighted by atomic mass is 32.2. The number of rotatable bonds is 12. The van der Waals surface area contributed by atoms with E-state index in [4.69, 9.17) is 17.8 Å². The number of benzene rings is 2. The Kier molecular flexibility index (Phi) is 8.95. The zero-order valence-electron chi connectivity index (χ0n) is 17.1. The highest BCUT2D eigenvalue weighted by Gasteiger charge is 2.25. The minimum absolute atomic E-state index is 0.00410. The lowest BCUT2D eigenvalue weighted by molar-refractivity contribution is -0.109. The second-order valence-electron chi connectivity index (χ2n) is 6.41. The van der Waals surface area contributed by atoms with E-state index >= 15 is 0 Å². The maximum atomic E-state index is 12.5. The van der Waals surface area contributed by atoms with E-state index in [0.29, 0.717) is 6.61 Å². The maximum absolute atomic E-state index is 12.5. The molecule has 8 nitrogen and oxygen atoms in total. The van der Waals surface area contributed by atoms with E-state index in [1.807, 2.05) is 13.8 Å². The third-order valence-corrected chi connectivity index (χ3v) is 6.56. The van der Waals surface area contributed by atoms with Crippen molar-refractivity contribution in [1.82, 2.24) is 0 Å². The normalized spacial score (nSPS) is 13.3. The predicted molar refractivity (Wildman–Crippen MR) is 110 cm³/mol. The minimum atomic E-state index is -4.20. The molecule has 0 heterocycles. The average Bonchev–Trinajstić information content (AvgIpc) is 2.70. The van der Waals surface area contributed by atoms with Gasteiger partial charge in [0.05, 0.1) is 23.0 Å². The fraction of sp³-hybridized carbons (Fsp3) is 0.400. The molecule has 0 saturated carbocycles. The van der Waals surface area contributed by atoms with Gasteiger partial charge >= 0.3 is 0 Å². The lowest BCUT2D eigenvalue weighted by Crippen LogP contribution is -2.29. The second-order valence-corrected chi connectivity index (χ2v) is 9.60. The first kappa shape index (κ1) is 24.4. The summed E-state index contributed by atoms with van der Waals surface area (Å²) in [6.07, 6.45) is -1.48. The lowest BCUT2D eigenvalue weighted by atomic mass is 10.2. The topological polar surface area (TPSA) is 105 Å². The number of aryl methyl sites for hydroxylation is 2. The van der Waals surface area contributed by atoms with Crippen molar-refractivity contribution in [2.45, 2.75) is 36.9 Å². The molecule has 0 aliphatic carbocycles. The molecule has 30 heavy (non-hydrogen) atoms. The van der Waals surface area contributed by atoms with Gasteiger partial charge in [-0.25, -0.2) is 4.18 Å². The van der Waals surface area contributed by atoms with Gasteiger partial charge in [-0.3, -0.25) is 4.18 Å². The van der Waals surface area contributed by atoms with E-state index in [9.17, 15) is 16.8 Å². The molecular formula is C20H26O8S2. The molecule has 0 N–H and O–H groups in total. The lowest BCUT2D eigenvalue weighted by Gasteiger charge is -2.18. The fourth-order valence-corrected chi connectivity index (χ4v) is 4.18. The van der Waals surface area contributed by atoms with E-state index < -0.39 is 33.1 Å². The van der Waals surface area contributed by atoms with Gasteiger partial charge in [-0.2, -0.15) is 16.8 Å². The number of ether oxygens (including phenoxy) is 2. The summed E-state index contributed by atoms with van der Waals surface area (Å²) in [5.74, 6) is 0. The Morgan fingerprint density at radius 1 is 0.767 bits per heavy atom. The van der Waals surface area contributed by atoms with Crippen LogP contribution in [0.1, 0.15) is 18.1 Å². The van der Waals surface area contributed by atoms with Crippen molar-refractivity contribution < 1.29 is 34.7 Å². The SMILES string of the molecule is CCOCCOC(COS(=O)(=O)c1ccc(C)cc1)OS(=O)(=O)c1ccc(C)cc1. The van der Waals surface area contributed by atoms with Gasteiger partial charge in [0, 0.05) is 6.61 Å². The molecule has 2 rings (SSSR count). The molecule has 166 valence electrons. The van der Waals surface area contributed by atoms with E-state index in [2.05, 4.69) is 0 Å². The van der Waals surface area contributed by atoms with Crippen LogP contribution in [0.25, 0.3) is 0 Å². The molecule has 2 aromatic rings. The summed E-state index contributed by atoms with van der Waals surface area (Å²) in [7, 11) is -8.32. The fourth-order valence-electron chi connectivity index (χ4n) is 2.31. The highest BCUT2D eigenvalue weighted by Crippen LogP contribution is 2.18. The molecule has 1 unspecified atom stereocenters. The Morgan fingerprint density at radius 2 is 1.27 bits per heavy atom. The van der Waals surface area contributed by atoms with Gasteiger partial charge < -0.3 is 9.47 Å². The third kappa shape index (κ3) is 7.46. The molecule has 10 heteroatoms. The van der Waals surface area contributed by atoms with Crippen LogP contribution in [0.15, 0.2) is 58.3 Å². The zero-order valence-corrected chi connectivity index (χ0v) is 18.7. The molecule has 0 aliphatic rings. The van der Waals surface area contributed by atoms with Crippen molar-refractivity contribution in [2.24, 2.45) is 0 Å². The molecule has 0 amide bonds. The number of hydrogen-bond donors (Lipinski definition) is 0. The standard InChI is InChI=1S/C20H26O8S2/c1-4-25-13-14-26-20(28-30(23,24)19-11-7-17(3)8-12-19)15-27-29(21,22)18-9-5-16(2)6-10-18/h5-12,20H,4,13-15H2,1-3H3. The van der Waals surface area contributed by atoms with Gasteiger partial charge in [0.1, 0.15) is 6.61 Å². The molecule has 0 aromatic heterocycles. The summed E-state index contributed by atoms with van der Waals surface area (Å²) in [5.41, 5.74) is 1.77. The summed E-state index contributed by atoms with van der Waals surface area (Å²) in [6, 6.07) is 12.1. The van der Waals surface area contributed by atoms with E-state index in [0.717, 1.165) is 11.1 Å². The van der Waals surface area contributed by atoms with Gasteiger partial charge in [0.25, 0.3) is 20.2 Å². The molecule has 0 aliphatic heterocycles. The van der Waals surface area contributed by atoms with Crippen molar-refractivity contribution in [1.29, 1.82) is 0 Å². The largest absolute Gasteiger partial charge is 0.379 e. The average molecular weight is 459 g/mol. The Morgan fingerprint density at radius 3 is 1.77 bits per heavy atom. The van der Waals surface area contributed by atoms with Crippen LogP contribution in [0.2, 0.25) is 0 Å². The Hall–Kier alpha value is -1.82. The van der Waals surface area contributed by atoms with Gasteiger partial charge in [-0.1, -0.05) is 35.4 Å². The first-order chi connectivity index (χ1) is 14.1. The van der Waals surface area contributed by atoms with Gasteiger partial charge in [-0.05, 0) is 45.0 Å². The summed E-state index contributed by atoms with van der Waals surface area (Å²) >= 11 is 0. The van der Waals surface area contributed by atoms with E-state index in [-0.39, 0.29) is 23.0 Å². The van der Waals surface area contributed by atoms with Crippen LogP contribution in [-0.4, -0.2) is 49.6 Å². The van der Waals surface area contributed by atoms with Crippen molar-refractivity contribution in [3.63, 3.8) is 0 Å². The number of hydrogen-bond acceptors (Lipinski definition) is 8. The molecule has 0 saturated heterocycles. The van der Waals surface area contributed by atoms with Gasteiger partial charge in [0.2, 0.25) is 6.29 Å². The Labute approximate surface area is 178 Å². The first-order valence-electron chi connectivity index (χ1n) is 9.29. The third-order valence-electron chi connectivity index (χ3n) is 3.95. The quantitative estimate of drug-likeness (QED) is 0.272.